The summed E-state index contributed by atoms with van der Waals surface area (Å²) in [5.74, 6) is 0.230. The second-order valence-electron chi connectivity index (χ2n) is 5.72. The van der Waals surface area contributed by atoms with Gasteiger partial charge in [0, 0.05) is 23.7 Å². The molecule has 0 spiro atoms. The highest BCUT2D eigenvalue weighted by Crippen LogP contribution is 2.33. The number of carbonyl (C=O) groups is 2. The summed E-state index contributed by atoms with van der Waals surface area (Å²) >= 11 is 17.9. The number of nitrogens with one attached hydrogen (secondary N) is 1. The largest absolute Gasteiger partial charge is 0.484 e. The molecule has 3 rings (SSSR count). The third-order valence-electron chi connectivity index (χ3n) is 3.86. The molecule has 0 unspecified atom stereocenters. The highest BCUT2D eigenvalue weighted by molar-refractivity contribution is 6.42. The molecule has 1 N–H and O–H groups in total. The molecular formula is C18H15Cl3N2O3. The van der Waals surface area contributed by atoms with E-state index in [4.69, 9.17) is 39.5 Å². The molecule has 26 heavy (non-hydrogen) atoms. The van der Waals surface area contributed by atoms with Crippen LogP contribution in [-0.4, -0.2) is 25.0 Å². The van der Waals surface area contributed by atoms with Crippen LogP contribution in [0.1, 0.15) is 12.8 Å². The molecule has 1 aliphatic heterocycles. The van der Waals surface area contributed by atoms with Crippen molar-refractivity contribution in [2.24, 2.45) is 0 Å². The Morgan fingerprint density at radius 2 is 1.77 bits per heavy atom. The molecule has 0 saturated carbocycles. The lowest BCUT2D eigenvalue weighted by Crippen LogP contribution is -2.23. The van der Waals surface area contributed by atoms with Crippen LogP contribution in [0.5, 0.6) is 5.75 Å². The van der Waals surface area contributed by atoms with Crippen LogP contribution in [0.15, 0.2) is 36.4 Å². The van der Waals surface area contributed by atoms with Gasteiger partial charge in [-0.05, 0) is 42.8 Å². The van der Waals surface area contributed by atoms with E-state index in [0.717, 1.165) is 18.7 Å². The molecule has 1 fully saturated rings. The molecule has 1 saturated heterocycles. The van der Waals surface area contributed by atoms with Gasteiger partial charge in [0.1, 0.15) is 5.75 Å². The van der Waals surface area contributed by atoms with Crippen LogP contribution in [0.25, 0.3) is 0 Å². The quantitative estimate of drug-likeness (QED) is 0.766. The highest BCUT2D eigenvalue weighted by atomic mass is 35.5. The molecule has 1 heterocycles. The first-order valence-corrected chi connectivity index (χ1v) is 9.05. The average molecular weight is 414 g/mol. The fourth-order valence-electron chi connectivity index (χ4n) is 2.63. The molecule has 5 nitrogen and oxygen atoms in total. The smallest absolute Gasteiger partial charge is 0.262 e. The van der Waals surface area contributed by atoms with E-state index in [9.17, 15) is 9.59 Å². The van der Waals surface area contributed by atoms with E-state index >= 15 is 0 Å². The van der Waals surface area contributed by atoms with E-state index in [1.807, 2.05) is 0 Å². The number of nitrogens with zero attached hydrogens (tertiary/aromatic N) is 1. The van der Waals surface area contributed by atoms with Crippen LogP contribution in [-0.2, 0) is 9.59 Å². The summed E-state index contributed by atoms with van der Waals surface area (Å²) in [6.45, 7) is 0.515. The van der Waals surface area contributed by atoms with Crippen molar-refractivity contribution in [3.63, 3.8) is 0 Å². The second-order valence-corrected chi connectivity index (χ2v) is 6.97. The van der Waals surface area contributed by atoms with Gasteiger partial charge in [-0.15, -0.1) is 0 Å². The van der Waals surface area contributed by atoms with Gasteiger partial charge in [0.05, 0.1) is 15.7 Å². The van der Waals surface area contributed by atoms with Crippen molar-refractivity contribution in [3.05, 3.63) is 51.5 Å². The standard InChI is InChI=1S/C18H15Cl3N2O3/c19-11-8-14(20)18(15(21)9-11)22-16(24)10-26-13-5-3-12(4-6-13)23-7-1-2-17(23)25/h3-6,8-9H,1-2,7,10H2,(H,22,24). The monoisotopic (exact) mass is 412 g/mol. The summed E-state index contributed by atoms with van der Waals surface area (Å²) in [6, 6.07) is 10.0. The molecule has 0 atom stereocenters. The number of hydrogen-bond donors (Lipinski definition) is 1. The maximum atomic E-state index is 12.1. The number of hydrogen-bond acceptors (Lipinski definition) is 3. The van der Waals surface area contributed by atoms with Gasteiger partial charge in [0.25, 0.3) is 5.91 Å². The van der Waals surface area contributed by atoms with E-state index in [1.165, 1.54) is 12.1 Å². The molecule has 2 aromatic carbocycles. The molecule has 0 bridgehead atoms. The van der Waals surface area contributed by atoms with E-state index < -0.39 is 5.91 Å². The Morgan fingerprint density at radius 1 is 1.12 bits per heavy atom. The maximum Gasteiger partial charge on any atom is 0.262 e. The van der Waals surface area contributed by atoms with Crippen molar-refractivity contribution in [2.75, 3.05) is 23.4 Å². The fraction of sp³-hybridized carbons (Fsp3) is 0.222. The third-order valence-corrected chi connectivity index (χ3v) is 4.68. The minimum atomic E-state index is -0.407. The first-order chi connectivity index (χ1) is 12.4. The van der Waals surface area contributed by atoms with Crippen LogP contribution in [0, 0.1) is 0 Å². The minimum absolute atomic E-state index is 0.120. The number of halogens is 3. The fourth-order valence-corrected chi connectivity index (χ4v) is 3.54. The average Bonchev–Trinajstić information content (AvgIpc) is 3.03. The summed E-state index contributed by atoms with van der Waals surface area (Å²) in [7, 11) is 0. The van der Waals surface area contributed by atoms with Crippen LogP contribution >= 0.6 is 34.8 Å². The Labute approximate surface area is 165 Å². The lowest BCUT2D eigenvalue weighted by atomic mass is 10.3. The van der Waals surface area contributed by atoms with Gasteiger partial charge < -0.3 is 15.0 Å². The number of carbonyl (C=O) groups excluding carboxylic acids is 2. The van der Waals surface area contributed by atoms with Gasteiger partial charge in [-0.2, -0.15) is 0 Å². The number of rotatable bonds is 5. The number of anilines is 2. The first-order valence-electron chi connectivity index (χ1n) is 7.91. The molecule has 2 amide bonds. The Morgan fingerprint density at radius 3 is 2.35 bits per heavy atom. The predicted molar refractivity (Wildman–Crippen MR) is 104 cm³/mol. The van der Waals surface area contributed by atoms with E-state index in [1.54, 1.807) is 29.2 Å². The Bertz CT molecular complexity index is 817. The van der Waals surface area contributed by atoms with Gasteiger partial charge in [-0.3, -0.25) is 9.59 Å². The van der Waals surface area contributed by atoms with Gasteiger partial charge in [0.15, 0.2) is 6.61 Å². The van der Waals surface area contributed by atoms with Gasteiger partial charge in [0.2, 0.25) is 5.91 Å². The third kappa shape index (κ3) is 4.41. The summed E-state index contributed by atoms with van der Waals surface area (Å²) in [6.07, 6.45) is 1.45. The van der Waals surface area contributed by atoms with E-state index in [2.05, 4.69) is 5.32 Å². The van der Waals surface area contributed by atoms with Crippen LogP contribution in [0.2, 0.25) is 15.1 Å². The molecule has 2 aromatic rings. The number of benzene rings is 2. The van der Waals surface area contributed by atoms with Crippen molar-refractivity contribution in [1.29, 1.82) is 0 Å². The lowest BCUT2D eigenvalue weighted by molar-refractivity contribution is -0.118. The Balaban J connectivity index is 1.57. The summed E-state index contributed by atoms with van der Waals surface area (Å²) in [5, 5.41) is 3.47. The summed E-state index contributed by atoms with van der Waals surface area (Å²) < 4.78 is 5.46. The van der Waals surface area contributed by atoms with Crippen molar-refractivity contribution >= 4 is 58.0 Å². The van der Waals surface area contributed by atoms with Crippen molar-refractivity contribution in [1.82, 2.24) is 0 Å². The first kappa shape index (κ1) is 18.8. The van der Waals surface area contributed by atoms with Gasteiger partial charge in [-0.25, -0.2) is 0 Å². The Hall–Kier alpha value is -1.95. The molecular weight excluding hydrogens is 399 g/mol. The topological polar surface area (TPSA) is 58.6 Å². The lowest BCUT2D eigenvalue weighted by Gasteiger charge is -2.16. The SMILES string of the molecule is O=C(COc1ccc(N2CCCC2=O)cc1)Nc1c(Cl)cc(Cl)cc1Cl. The van der Waals surface area contributed by atoms with Crippen LogP contribution < -0.4 is 15.0 Å². The highest BCUT2D eigenvalue weighted by Gasteiger charge is 2.21. The molecule has 136 valence electrons. The van der Waals surface area contributed by atoms with E-state index in [-0.39, 0.29) is 28.2 Å². The minimum Gasteiger partial charge on any atom is -0.484 e. The Kier molecular flexibility index (Phi) is 5.91. The zero-order valence-electron chi connectivity index (χ0n) is 13.6. The molecule has 1 aliphatic rings. The zero-order chi connectivity index (χ0) is 18.7. The van der Waals surface area contributed by atoms with Crippen LogP contribution in [0.3, 0.4) is 0 Å². The van der Waals surface area contributed by atoms with Crippen LogP contribution in [0.4, 0.5) is 11.4 Å². The second kappa shape index (κ2) is 8.16. The molecule has 0 radical (unpaired) electrons. The van der Waals surface area contributed by atoms with Crippen molar-refractivity contribution < 1.29 is 14.3 Å². The number of amides is 2. The number of ether oxygens (including phenoxy) is 1. The van der Waals surface area contributed by atoms with Crippen molar-refractivity contribution in [2.45, 2.75) is 12.8 Å². The van der Waals surface area contributed by atoms with Gasteiger partial charge >= 0.3 is 0 Å². The normalized spacial score (nSPS) is 13.8. The van der Waals surface area contributed by atoms with Crippen molar-refractivity contribution in [3.8, 4) is 5.75 Å². The summed E-state index contributed by atoms with van der Waals surface area (Å²) in [4.78, 5) is 25.5. The molecule has 8 heteroatoms. The van der Waals surface area contributed by atoms with Gasteiger partial charge in [-0.1, -0.05) is 34.8 Å². The molecule has 0 aliphatic carbocycles. The molecule has 0 aromatic heterocycles. The summed E-state index contributed by atoms with van der Waals surface area (Å²) in [5.41, 5.74) is 1.11. The maximum absolute atomic E-state index is 12.1. The zero-order valence-corrected chi connectivity index (χ0v) is 15.9. The predicted octanol–water partition coefficient (Wildman–Crippen LogP) is 4.79. The van der Waals surface area contributed by atoms with E-state index in [0.29, 0.717) is 17.2 Å².